The number of nitro benzene ring substituents is 1. The zero-order chi connectivity index (χ0) is 25.2. The highest BCUT2D eigenvalue weighted by Crippen LogP contribution is 2.26. The topological polar surface area (TPSA) is 127 Å². The van der Waals surface area contributed by atoms with Crippen molar-refractivity contribution in [3.8, 4) is 0 Å². The summed E-state index contributed by atoms with van der Waals surface area (Å²) in [5.41, 5.74) is 1.60. The number of rotatable bonds is 7. The molecule has 1 aliphatic heterocycles. The van der Waals surface area contributed by atoms with Gasteiger partial charge in [-0.3, -0.25) is 19.6 Å². The van der Waals surface area contributed by atoms with E-state index in [-0.39, 0.29) is 35.5 Å². The van der Waals surface area contributed by atoms with Gasteiger partial charge in [0.1, 0.15) is 0 Å². The first kappa shape index (κ1) is 24.8. The Balaban J connectivity index is 1.35. The predicted octanol–water partition coefficient (Wildman–Crippen LogP) is 3.84. The molecule has 0 spiro atoms. The lowest BCUT2D eigenvalue weighted by Crippen LogP contribution is -2.41. The molecule has 2 aromatic carbocycles. The van der Waals surface area contributed by atoms with Gasteiger partial charge in [0.2, 0.25) is 15.9 Å². The van der Waals surface area contributed by atoms with Crippen LogP contribution < -0.4 is 5.32 Å². The number of benzene rings is 2. The molecular weight excluding hydrogens is 494 g/mol. The van der Waals surface area contributed by atoms with Crippen molar-refractivity contribution in [3.63, 3.8) is 0 Å². The molecule has 1 aromatic heterocycles. The lowest BCUT2D eigenvalue weighted by molar-refractivity contribution is -0.384. The van der Waals surface area contributed by atoms with E-state index in [4.69, 9.17) is 11.6 Å². The number of hydrogen-bond acceptors (Lipinski definition) is 6. The van der Waals surface area contributed by atoms with Crippen LogP contribution >= 0.6 is 11.6 Å². The van der Waals surface area contributed by atoms with E-state index in [2.05, 4.69) is 10.4 Å². The number of amides is 1. The van der Waals surface area contributed by atoms with Gasteiger partial charge in [-0.1, -0.05) is 29.8 Å². The van der Waals surface area contributed by atoms with Crippen LogP contribution in [0.15, 0.2) is 59.5 Å². The van der Waals surface area contributed by atoms with Gasteiger partial charge in [-0.2, -0.15) is 9.40 Å². The third-order valence-corrected chi connectivity index (χ3v) is 8.30. The Morgan fingerprint density at radius 1 is 1.17 bits per heavy atom. The fourth-order valence-corrected chi connectivity index (χ4v) is 5.66. The Labute approximate surface area is 207 Å². The van der Waals surface area contributed by atoms with Crippen LogP contribution in [0, 0.1) is 23.0 Å². The molecule has 10 nitrogen and oxygen atoms in total. The predicted molar refractivity (Wildman–Crippen MR) is 131 cm³/mol. The van der Waals surface area contributed by atoms with E-state index in [1.807, 2.05) is 31.2 Å². The molecule has 0 bridgehead atoms. The van der Waals surface area contributed by atoms with Crippen LogP contribution in [-0.2, 0) is 21.4 Å². The zero-order valence-electron chi connectivity index (χ0n) is 18.9. The van der Waals surface area contributed by atoms with E-state index in [0.29, 0.717) is 30.2 Å². The number of aromatic nitrogens is 2. The number of non-ortho nitro benzene ring substituents is 1. The van der Waals surface area contributed by atoms with Crippen LogP contribution in [0.5, 0.6) is 0 Å². The normalized spacial score (nSPS) is 15.1. The van der Waals surface area contributed by atoms with Crippen molar-refractivity contribution in [2.75, 3.05) is 18.4 Å². The molecular formula is C23H24ClN5O5S. The Morgan fingerprint density at radius 2 is 1.83 bits per heavy atom. The summed E-state index contributed by atoms with van der Waals surface area (Å²) >= 11 is 6.24. The minimum atomic E-state index is -3.80. The van der Waals surface area contributed by atoms with Crippen molar-refractivity contribution in [2.45, 2.75) is 31.2 Å². The molecule has 1 fully saturated rings. The quantitative estimate of drug-likeness (QED) is 0.374. The van der Waals surface area contributed by atoms with Crippen LogP contribution in [0.4, 0.5) is 11.5 Å². The van der Waals surface area contributed by atoms with E-state index in [1.165, 1.54) is 28.6 Å². The van der Waals surface area contributed by atoms with Crippen molar-refractivity contribution in [1.29, 1.82) is 0 Å². The molecule has 2 heterocycles. The second kappa shape index (κ2) is 10.1. The van der Waals surface area contributed by atoms with E-state index in [9.17, 15) is 23.3 Å². The maximum atomic E-state index is 12.9. The van der Waals surface area contributed by atoms with Crippen molar-refractivity contribution in [1.82, 2.24) is 14.1 Å². The number of anilines is 1. The van der Waals surface area contributed by atoms with Crippen LogP contribution in [-0.4, -0.2) is 46.4 Å². The van der Waals surface area contributed by atoms with Crippen molar-refractivity contribution in [3.05, 3.63) is 81.0 Å². The average Bonchev–Trinajstić information content (AvgIpc) is 3.18. The smallest absolute Gasteiger partial charge is 0.269 e. The van der Waals surface area contributed by atoms with E-state index in [0.717, 1.165) is 11.3 Å². The largest absolute Gasteiger partial charge is 0.309 e. The molecule has 3 aromatic rings. The van der Waals surface area contributed by atoms with Crippen molar-refractivity contribution >= 4 is 39.0 Å². The molecule has 35 heavy (non-hydrogen) atoms. The fraction of sp³-hybridized carbons (Fsp3) is 0.304. The Kier molecular flexibility index (Phi) is 7.20. The summed E-state index contributed by atoms with van der Waals surface area (Å²) in [6.45, 7) is 2.72. The lowest BCUT2D eigenvalue weighted by Gasteiger charge is -2.30. The molecule has 0 radical (unpaired) electrons. The number of sulfonamides is 1. The van der Waals surface area contributed by atoms with Gasteiger partial charge in [-0.05, 0) is 43.5 Å². The Morgan fingerprint density at radius 3 is 2.46 bits per heavy atom. The molecule has 0 aliphatic carbocycles. The highest BCUT2D eigenvalue weighted by atomic mass is 35.5. The average molecular weight is 518 g/mol. The fourth-order valence-electron chi connectivity index (χ4n) is 3.99. The maximum Gasteiger partial charge on any atom is 0.269 e. The van der Waals surface area contributed by atoms with Crippen LogP contribution in [0.25, 0.3) is 0 Å². The summed E-state index contributed by atoms with van der Waals surface area (Å²) < 4.78 is 28.8. The van der Waals surface area contributed by atoms with Crippen molar-refractivity contribution in [2.24, 2.45) is 5.92 Å². The Hall–Kier alpha value is -3.28. The van der Waals surface area contributed by atoms with Crippen LogP contribution in [0.2, 0.25) is 5.02 Å². The number of aryl methyl sites for hydroxylation is 1. The minimum Gasteiger partial charge on any atom is -0.309 e. The lowest BCUT2D eigenvalue weighted by atomic mass is 9.97. The number of carbonyl (C=O) groups is 1. The van der Waals surface area contributed by atoms with E-state index >= 15 is 0 Å². The van der Waals surface area contributed by atoms with Gasteiger partial charge >= 0.3 is 0 Å². The first-order valence-corrected chi connectivity index (χ1v) is 12.8. The molecule has 1 aliphatic rings. The van der Waals surface area contributed by atoms with Crippen LogP contribution in [0.1, 0.15) is 24.1 Å². The Bertz CT molecular complexity index is 1350. The molecule has 12 heteroatoms. The third kappa shape index (κ3) is 5.53. The standard InChI is InChI=1S/C23H24ClN5O5S/c1-16-14-22(26-28(16)15-18-4-2-3-5-21(18)24)25-23(30)17-10-12-27(13-11-17)35(33,34)20-8-6-19(7-9-20)29(31)32/h2-9,14,17H,10-13,15H2,1H3,(H,25,26,30). The number of nitrogens with one attached hydrogen (secondary N) is 1. The van der Waals surface area contributed by atoms with Gasteiger partial charge in [-0.25, -0.2) is 8.42 Å². The van der Waals surface area contributed by atoms with E-state index in [1.54, 1.807) is 10.7 Å². The minimum absolute atomic E-state index is 0.00876. The number of carbonyl (C=O) groups excluding carboxylic acids is 1. The SMILES string of the molecule is Cc1cc(NC(=O)C2CCN(S(=O)(=O)c3ccc([N+](=O)[O-])cc3)CC2)nn1Cc1ccccc1Cl. The highest BCUT2D eigenvalue weighted by molar-refractivity contribution is 7.89. The molecule has 0 unspecified atom stereocenters. The van der Waals surface area contributed by atoms with E-state index < -0.39 is 14.9 Å². The molecule has 1 N–H and O–H groups in total. The number of piperidine rings is 1. The summed E-state index contributed by atoms with van der Waals surface area (Å²) in [6, 6.07) is 14.1. The number of nitrogens with zero attached hydrogens (tertiary/aromatic N) is 4. The molecule has 184 valence electrons. The molecule has 1 saturated heterocycles. The summed E-state index contributed by atoms with van der Waals surface area (Å²) in [4.78, 5) is 23.0. The molecule has 0 saturated carbocycles. The van der Waals surface area contributed by atoms with Crippen molar-refractivity contribution < 1.29 is 18.1 Å². The number of nitro groups is 1. The van der Waals surface area contributed by atoms with Gasteiger partial charge in [0.05, 0.1) is 16.4 Å². The van der Waals surface area contributed by atoms with Gasteiger partial charge in [0, 0.05) is 47.9 Å². The zero-order valence-corrected chi connectivity index (χ0v) is 20.5. The van der Waals surface area contributed by atoms with Gasteiger partial charge in [0.25, 0.3) is 5.69 Å². The number of halogens is 1. The maximum absolute atomic E-state index is 12.9. The molecule has 1 amide bonds. The van der Waals surface area contributed by atoms with Gasteiger partial charge < -0.3 is 5.32 Å². The second-order valence-corrected chi connectivity index (χ2v) is 10.7. The second-order valence-electron chi connectivity index (χ2n) is 8.34. The number of hydrogen-bond donors (Lipinski definition) is 1. The van der Waals surface area contributed by atoms with Crippen LogP contribution in [0.3, 0.4) is 0 Å². The first-order valence-electron chi connectivity index (χ1n) is 11.0. The van der Waals surface area contributed by atoms with Gasteiger partial charge in [-0.15, -0.1) is 0 Å². The third-order valence-electron chi connectivity index (χ3n) is 6.02. The summed E-state index contributed by atoms with van der Waals surface area (Å²) in [7, 11) is -3.80. The molecule has 0 atom stereocenters. The molecule has 4 rings (SSSR count). The summed E-state index contributed by atoms with van der Waals surface area (Å²) in [5.74, 6) is -0.132. The van der Waals surface area contributed by atoms with Gasteiger partial charge in [0.15, 0.2) is 5.82 Å². The highest BCUT2D eigenvalue weighted by Gasteiger charge is 2.32. The summed E-state index contributed by atoms with van der Waals surface area (Å²) in [5, 5.41) is 18.8. The first-order chi connectivity index (χ1) is 16.6. The summed E-state index contributed by atoms with van der Waals surface area (Å²) in [6.07, 6.45) is 0.717. The monoisotopic (exact) mass is 517 g/mol.